The highest BCUT2D eigenvalue weighted by atomic mass is 32.1. The van der Waals surface area contributed by atoms with Crippen molar-refractivity contribution in [2.75, 3.05) is 5.73 Å². The smallest absolute Gasteiger partial charge is 0.151 e. The standard InChI is InChI=1S/C19H25N3S/c1-2-3-4-5-6-7-8-13-16-22-17-18(23-16)14-11-9-10-12-15(14)21-19(17)20/h9-12H,2-8,13H2,1H3,(H2,20,21). The Bertz CT molecular complexity index is 779. The minimum atomic E-state index is 0.556. The largest absolute Gasteiger partial charge is 0.382 e. The average Bonchev–Trinajstić information content (AvgIpc) is 2.99. The first-order chi connectivity index (χ1) is 11.3. The van der Waals surface area contributed by atoms with Crippen molar-refractivity contribution in [1.29, 1.82) is 0 Å². The van der Waals surface area contributed by atoms with Gasteiger partial charge in [0.25, 0.3) is 0 Å². The minimum absolute atomic E-state index is 0.556. The first kappa shape index (κ1) is 16.2. The normalized spacial score (nSPS) is 11.5. The first-order valence-corrected chi connectivity index (χ1v) is 9.55. The number of rotatable bonds is 8. The molecule has 122 valence electrons. The summed E-state index contributed by atoms with van der Waals surface area (Å²) in [6.45, 7) is 2.26. The molecule has 0 aliphatic rings. The summed E-state index contributed by atoms with van der Waals surface area (Å²) in [4.78, 5) is 9.22. The summed E-state index contributed by atoms with van der Waals surface area (Å²) in [5.41, 5.74) is 7.93. The Morgan fingerprint density at radius 1 is 0.957 bits per heavy atom. The van der Waals surface area contributed by atoms with Crippen molar-refractivity contribution < 1.29 is 0 Å². The number of thiazole rings is 1. The van der Waals surface area contributed by atoms with E-state index in [-0.39, 0.29) is 0 Å². The van der Waals surface area contributed by atoms with Crippen LogP contribution in [-0.2, 0) is 6.42 Å². The minimum Gasteiger partial charge on any atom is -0.382 e. The maximum absolute atomic E-state index is 6.09. The number of hydrogen-bond donors (Lipinski definition) is 1. The fourth-order valence-corrected chi connectivity index (χ4v) is 4.16. The van der Waals surface area contributed by atoms with E-state index in [4.69, 9.17) is 10.7 Å². The Morgan fingerprint density at radius 3 is 2.52 bits per heavy atom. The summed E-state index contributed by atoms with van der Waals surface area (Å²) in [6.07, 6.45) is 10.4. The molecule has 0 bridgehead atoms. The molecule has 0 radical (unpaired) electrons. The van der Waals surface area contributed by atoms with E-state index in [1.54, 1.807) is 11.3 Å². The number of fused-ring (bicyclic) bond motifs is 3. The van der Waals surface area contributed by atoms with E-state index in [0.29, 0.717) is 5.82 Å². The molecule has 0 aliphatic heterocycles. The van der Waals surface area contributed by atoms with Crippen LogP contribution in [0.3, 0.4) is 0 Å². The summed E-state index contributed by atoms with van der Waals surface area (Å²) < 4.78 is 1.19. The molecule has 0 unspecified atom stereocenters. The van der Waals surface area contributed by atoms with Gasteiger partial charge in [-0.15, -0.1) is 11.3 Å². The van der Waals surface area contributed by atoms with Crippen molar-refractivity contribution in [3.05, 3.63) is 29.3 Å². The number of hydrogen-bond acceptors (Lipinski definition) is 4. The van der Waals surface area contributed by atoms with Crippen LogP contribution in [0.1, 0.15) is 56.9 Å². The molecule has 0 amide bonds. The third kappa shape index (κ3) is 3.81. The molecule has 23 heavy (non-hydrogen) atoms. The number of unbranched alkanes of at least 4 members (excludes halogenated alkanes) is 6. The van der Waals surface area contributed by atoms with Crippen LogP contribution in [0.4, 0.5) is 5.82 Å². The number of benzene rings is 1. The maximum Gasteiger partial charge on any atom is 0.151 e. The predicted molar refractivity (Wildman–Crippen MR) is 101 cm³/mol. The molecule has 2 aromatic heterocycles. The Hall–Kier alpha value is -1.68. The highest BCUT2D eigenvalue weighted by molar-refractivity contribution is 7.19. The maximum atomic E-state index is 6.09. The van der Waals surface area contributed by atoms with Crippen LogP contribution < -0.4 is 5.73 Å². The molecule has 3 aromatic rings. The second kappa shape index (κ2) is 7.73. The van der Waals surface area contributed by atoms with Crippen LogP contribution in [0, 0.1) is 0 Å². The molecule has 1 aromatic carbocycles. The van der Waals surface area contributed by atoms with Gasteiger partial charge in [-0.25, -0.2) is 9.97 Å². The SMILES string of the molecule is CCCCCCCCCc1nc2c(N)nc3ccccc3c2s1. The number of aryl methyl sites for hydroxylation is 1. The van der Waals surface area contributed by atoms with Crippen molar-refractivity contribution >= 4 is 38.3 Å². The van der Waals surface area contributed by atoms with Gasteiger partial charge in [0, 0.05) is 5.39 Å². The van der Waals surface area contributed by atoms with Gasteiger partial charge in [-0.1, -0.05) is 63.6 Å². The fourth-order valence-electron chi connectivity index (χ4n) is 3.01. The zero-order chi connectivity index (χ0) is 16.1. The molecular weight excluding hydrogens is 302 g/mol. The van der Waals surface area contributed by atoms with Crippen LogP contribution in [0.2, 0.25) is 0 Å². The summed E-state index contributed by atoms with van der Waals surface area (Å²) in [5.74, 6) is 0.556. The molecule has 0 aliphatic carbocycles. The molecule has 0 fully saturated rings. The Labute approximate surface area is 141 Å². The van der Waals surface area contributed by atoms with Crippen molar-refractivity contribution in [1.82, 2.24) is 9.97 Å². The number of anilines is 1. The predicted octanol–water partition coefficient (Wildman–Crippen LogP) is 5.72. The summed E-state index contributed by atoms with van der Waals surface area (Å²) in [5, 5.41) is 2.36. The van der Waals surface area contributed by atoms with Crippen molar-refractivity contribution in [2.24, 2.45) is 0 Å². The monoisotopic (exact) mass is 327 g/mol. The molecule has 4 heteroatoms. The molecule has 2 N–H and O–H groups in total. The summed E-state index contributed by atoms with van der Waals surface area (Å²) in [6, 6.07) is 8.18. The van der Waals surface area contributed by atoms with Gasteiger partial charge in [0.2, 0.25) is 0 Å². The molecule has 0 saturated heterocycles. The molecule has 0 saturated carbocycles. The van der Waals surface area contributed by atoms with Crippen LogP contribution in [-0.4, -0.2) is 9.97 Å². The van der Waals surface area contributed by atoms with E-state index >= 15 is 0 Å². The number of nitrogens with two attached hydrogens (primary N) is 1. The third-order valence-electron chi connectivity index (χ3n) is 4.30. The second-order valence-electron chi connectivity index (χ2n) is 6.17. The Kier molecular flexibility index (Phi) is 5.44. The topological polar surface area (TPSA) is 51.8 Å². The van der Waals surface area contributed by atoms with Crippen LogP contribution in [0.5, 0.6) is 0 Å². The lowest BCUT2D eigenvalue weighted by Gasteiger charge is -1.99. The molecule has 0 spiro atoms. The molecule has 3 nitrogen and oxygen atoms in total. The molecular formula is C19H25N3S. The van der Waals surface area contributed by atoms with Crippen LogP contribution in [0.25, 0.3) is 21.1 Å². The second-order valence-corrected chi connectivity index (χ2v) is 7.25. The summed E-state index contributed by atoms with van der Waals surface area (Å²) in [7, 11) is 0. The van der Waals surface area contributed by atoms with E-state index < -0.39 is 0 Å². The average molecular weight is 327 g/mol. The molecule has 2 heterocycles. The van der Waals surface area contributed by atoms with E-state index in [2.05, 4.69) is 24.0 Å². The molecule has 0 atom stereocenters. The number of nitrogen functional groups attached to an aromatic ring is 1. The summed E-state index contributed by atoms with van der Waals surface area (Å²) >= 11 is 1.78. The number of pyridine rings is 1. The van der Waals surface area contributed by atoms with Gasteiger partial charge >= 0.3 is 0 Å². The fraction of sp³-hybridized carbons (Fsp3) is 0.474. The van der Waals surface area contributed by atoms with Crippen molar-refractivity contribution in [2.45, 2.75) is 58.3 Å². The highest BCUT2D eigenvalue weighted by Crippen LogP contribution is 2.32. The third-order valence-corrected chi connectivity index (χ3v) is 5.45. The number of para-hydroxylation sites is 1. The van der Waals surface area contributed by atoms with E-state index in [1.165, 1.54) is 60.0 Å². The molecule has 3 rings (SSSR count). The number of nitrogens with zero attached hydrogens (tertiary/aromatic N) is 2. The highest BCUT2D eigenvalue weighted by Gasteiger charge is 2.11. The lowest BCUT2D eigenvalue weighted by atomic mass is 10.1. The number of aromatic nitrogens is 2. The van der Waals surface area contributed by atoms with Gasteiger partial charge < -0.3 is 5.73 Å². The quantitative estimate of drug-likeness (QED) is 0.538. The lowest BCUT2D eigenvalue weighted by molar-refractivity contribution is 0.589. The van der Waals surface area contributed by atoms with Crippen molar-refractivity contribution in [3.8, 4) is 0 Å². The van der Waals surface area contributed by atoms with Gasteiger partial charge in [-0.3, -0.25) is 0 Å². The van der Waals surface area contributed by atoms with E-state index in [1.807, 2.05) is 12.1 Å². The Balaban J connectivity index is 1.66. The zero-order valence-corrected chi connectivity index (χ0v) is 14.7. The van der Waals surface area contributed by atoms with Gasteiger partial charge in [0.05, 0.1) is 15.2 Å². The lowest BCUT2D eigenvalue weighted by Crippen LogP contribution is -1.92. The van der Waals surface area contributed by atoms with Gasteiger partial charge in [-0.2, -0.15) is 0 Å². The van der Waals surface area contributed by atoms with Crippen molar-refractivity contribution in [3.63, 3.8) is 0 Å². The van der Waals surface area contributed by atoms with E-state index in [0.717, 1.165) is 17.5 Å². The van der Waals surface area contributed by atoms with Crippen LogP contribution in [0.15, 0.2) is 24.3 Å². The zero-order valence-electron chi connectivity index (χ0n) is 13.8. The van der Waals surface area contributed by atoms with Gasteiger partial charge in [0.1, 0.15) is 5.52 Å². The van der Waals surface area contributed by atoms with E-state index in [9.17, 15) is 0 Å². The first-order valence-electron chi connectivity index (χ1n) is 8.73. The van der Waals surface area contributed by atoms with Gasteiger partial charge in [0.15, 0.2) is 5.82 Å². The Morgan fingerprint density at radius 2 is 1.70 bits per heavy atom. The van der Waals surface area contributed by atoms with Crippen LogP contribution >= 0.6 is 11.3 Å². The van der Waals surface area contributed by atoms with Gasteiger partial charge in [-0.05, 0) is 18.9 Å².